The van der Waals surface area contributed by atoms with Gasteiger partial charge < -0.3 is 0 Å². The van der Waals surface area contributed by atoms with Crippen molar-refractivity contribution in [1.29, 1.82) is 0 Å². The van der Waals surface area contributed by atoms with Gasteiger partial charge in [-0.25, -0.2) is 8.42 Å². The number of rotatable bonds is 7. The van der Waals surface area contributed by atoms with E-state index in [1.54, 1.807) is 17.8 Å². The molecule has 30 heavy (non-hydrogen) atoms. The topological polar surface area (TPSA) is 55.2 Å². The van der Waals surface area contributed by atoms with Crippen molar-refractivity contribution in [2.45, 2.75) is 24.9 Å². The van der Waals surface area contributed by atoms with Gasteiger partial charge >= 0.3 is 0 Å². The molecule has 0 fully saturated rings. The molecule has 0 spiro atoms. The molecular weight excluding hydrogens is 394 g/mol. The second-order valence-corrected chi connectivity index (χ2v) is 8.93. The van der Waals surface area contributed by atoms with Gasteiger partial charge in [0.05, 0.1) is 24.5 Å². The van der Waals surface area contributed by atoms with Gasteiger partial charge in [-0.2, -0.15) is 5.10 Å². The Labute approximate surface area is 177 Å². The molecule has 152 valence electrons. The minimum Gasteiger partial charge on any atom is -0.267 e. The average molecular weight is 418 g/mol. The van der Waals surface area contributed by atoms with E-state index in [1.807, 2.05) is 91.0 Å². The molecule has 4 rings (SSSR count). The quantitative estimate of drug-likeness (QED) is 0.440. The predicted molar refractivity (Wildman–Crippen MR) is 119 cm³/mol. The monoisotopic (exact) mass is 417 g/mol. The number of benzene rings is 3. The molecule has 0 aliphatic rings. The molecule has 1 aromatic heterocycles. The van der Waals surface area contributed by atoms with E-state index < -0.39 is 10.0 Å². The molecule has 0 aliphatic carbocycles. The smallest absolute Gasteiger partial charge is 0.267 e. The molecular formula is C24H23N3O2S. The summed E-state index contributed by atoms with van der Waals surface area (Å²) in [5, 5.41) is 4.47. The molecule has 0 bridgehead atoms. The number of aryl methyl sites for hydroxylation is 1. The van der Waals surface area contributed by atoms with E-state index in [1.165, 1.54) is 4.31 Å². The standard InChI is InChI=1S/C24H23N3O2S/c1-20-24(19-26(25-20)17-21-11-5-2-6-12-21)30(28,29)27(23-15-9-4-10-16-23)18-22-13-7-3-8-14-22/h2-16,19H,17-18H2,1H3. The second-order valence-electron chi connectivity index (χ2n) is 7.09. The lowest BCUT2D eigenvalue weighted by atomic mass is 10.2. The van der Waals surface area contributed by atoms with Crippen LogP contribution >= 0.6 is 0 Å². The van der Waals surface area contributed by atoms with Crippen LogP contribution in [0.2, 0.25) is 0 Å². The largest absolute Gasteiger partial charge is 0.268 e. The molecule has 0 radical (unpaired) electrons. The van der Waals surface area contributed by atoms with E-state index in [0.29, 0.717) is 17.9 Å². The van der Waals surface area contributed by atoms with Crippen LogP contribution in [-0.2, 0) is 23.1 Å². The summed E-state index contributed by atoms with van der Waals surface area (Å²) in [5.74, 6) is 0. The third-order valence-electron chi connectivity index (χ3n) is 4.87. The first-order valence-corrected chi connectivity index (χ1v) is 11.2. The highest BCUT2D eigenvalue weighted by Gasteiger charge is 2.29. The molecule has 3 aromatic carbocycles. The molecule has 6 heteroatoms. The zero-order valence-electron chi connectivity index (χ0n) is 16.7. The highest BCUT2D eigenvalue weighted by Crippen LogP contribution is 2.27. The molecule has 1 heterocycles. The van der Waals surface area contributed by atoms with Crippen LogP contribution in [0.1, 0.15) is 16.8 Å². The van der Waals surface area contributed by atoms with Crippen molar-refractivity contribution >= 4 is 15.7 Å². The predicted octanol–water partition coefficient (Wildman–Crippen LogP) is 4.64. The van der Waals surface area contributed by atoms with Crippen molar-refractivity contribution in [3.8, 4) is 0 Å². The second kappa shape index (κ2) is 8.55. The van der Waals surface area contributed by atoms with E-state index in [2.05, 4.69) is 5.10 Å². The highest BCUT2D eigenvalue weighted by molar-refractivity contribution is 7.92. The van der Waals surface area contributed by atoms with E-state index in [9.17, 15) is 8.42 Å². The summed E-state index contributed by atoms with van der Waals surface area (Å²) in [5.41, 5.74) is 3.09. The minimum absolute atomic E-state index is 0.221. The summed E-state index contributed by atoms with van der Waals surface area (Å²) in [4.78, 5) is 0.221. The maximum Gasteiger partial charge on any atom is 0.268 e. The minimum atomic E-state index is -3.80. The number of hydrogen-bond donors (Lipinski definition) is 0. The van der Waals surface area contributed by atoms with Crippen LogP contribution in [0.25, 0.3) is 0 Å². The zero-order chi connectivity index (χ0) is 21.0. The van der Waals surface area contributed by atoms with E-state index in [4.69, 9.17) is 0 Å². The lowest BCUT2D eigenvalue weighted by Gasteiger charge is -2.24. The SMILES string of the molecule is Cc1nn(Cc2ccccc2)cc1S(=O)(=O)N(Cc1ccccc1)c1ccccc1. The van der Waals surface area contributed by atoms with Gasteiger partial charge in [0.15, 0.2) is 0 Å². The Morgan fingerprint density at radius 3 is 1.93 bits per heavy atom. The van der Waals surface area contributed by atoms with Crippen LogP contribution < -0.4 is 4.31 Å². The molecule has 0 saturated heterocycles. The first-order chi connectivity index (χ1) is 14.5. The lowest BCUT2D eigenvalue weighted by Crippen LogP contribution is -2.30. The maximum atomic E-state index is 13.7. The van der Waals surface area contributed by atoms with Crippen molar-refractivity contribution in [3.63, 3.8) is 0 Å². The first-order valence-electron chi connectivity index (χ1n) is 9.74. The van der Waals surface area contributed by atoms with Gasteiger partial charge in [0.2, 0.25) is 0 Å². The molecule has 0 aliphatic heterocycles. The Balaban J connectivity index is 1.71. The molecule has 0 N–H and O–H groups in total. The summed E-state index contributed by atoms with van der Waals surface area (Å²) in [6.45, 7) is 2.50. The number of para-hydroxylation sites is 1. The van der Waals surface area contributed by atoms with Gasteiger partial charge in [-0.05, 0) is 30.2 Å². The van der Waals surface area contributed by atoms with Crippen molar-refractivity contribution in [1.82, 2.24) is 9.78 Å². The van der Waals surface area contributed by atoms with Gasteiger partial charge in [0, 0.05) is 6.20 Å². The summed E-state index contributed by atoms with van der Waals surface area (Å²) >= 11 is 0. The van der Waals surface area contributed by atoms with Gasteiger partial charge in [-0.1, -0.05) is 78.9 Å². The molecule has 0 saturated carbocycles. The maximum absolute atomic E-state index is 13.7. The fraction of sp³-hybridized carbons (Fsp3) is 0.125. The van der Waals surface area contributed by atoms with Crippen molar-refractivity contribution in [2.24, 2.45) is 0 Å². The van der Waals surface area contributed by atoms with Crippen LogP contribution in [0.15, 0.2) is 102 Å². The average Bonchev–Trinajstić information content (AvgIpc) is 3.15. The summed E-state index contributed by atoms with van der Waals surface area (Å²) < 4.78 is 30.5. The number of sulfonamides is 1. The number of nitrogens with zero attached hydrogens (tertiary/aromatic N) is 3. The van der Waals surface area contributed by atoms with Gasteiger partial charge in [0.1, 0.15) is 4.90 Å². The Bertz CT molecular complexity index is 1210. The van der Waals surface area contributed by atoms with Crippen LogP contribution in [0.4, 0.5) is 5.69 Å². The Kier molecular flexibility index (Phi) is 5.68. The fourth-order valence-corrected chi connectivity index (χ4v) is 5.01. The van der Waals surface area contributed by atoms with Crippen LogP contribution in [0, 0.1) is 6.92 Å². The Hall–Kier alpha value is -3.38. The summed E-state index contributed by atoms with van der Waals surface area (Å²) in [7, 11) is -3.80. The van der Waals surface area contributed by atoms with Crippen molar-refractivity contribution < 1.29 is 8.42 Å². The van der Waals surface area contributed by atoms with Gasteiger partial charge in [-0.15, -0.1) is 0 Å². The van der Waals surface area contributed by atoms with Crippen molar-refractivity contribution in [2.75, 3.05) is 4.31 Å². The molecule has 4 aromatic rings. The highest BCUT2D eigenvalue weighted by atomic mass is 32.2. The molecule has 0 amide bonds. The van der Waals surface area contributed by atoms with E-state index in [-0.39, 0.29) is 11.4 Å². The van der Waals surface area contributed by atoms with E-state index >= 15 is 0 Å². The fourth-order valence-electron chi connectivity index (χ4n) is 3.38. The number of hydrogen-bond acceptors (Lipinski definition) is 3. The van der Waals surface area contributed by atoms with Crippen LogP contribution in [-0.4, -0.2) is 18.2 Å². The third-order valence-corrected chi connectivity index (χ3v) is 6.75. The van der Waals surface area contributed by atoms with E-state index in [0.717, 1.165) is 11.1 Å². The molecule has 0 atom stereocenters. The van der Waals surface area contributed by atoms with Gasteiger partial charge in [-0.3, -0.25) is 8.99 Å². The lowest BCUT2D eigenvalue weighted by molar-refractivity contribution is 0.589. The summed E-state index contributed by atoms with van der Waals surface area (Å²) in [6.07, 6.45) is 1.62. The van der Waals surface area contributed by atoms with Crippen LogP contribution in [0.3, 0.4) is 0 Å². The third kappa shape index (κ3) is 4.28. The number of anilines is 1. The normalized spacial score (nSPS) is 11.4. The Morgan fingerprint density at radius 1 is 0.800 bits per heavy atom. The van der Waals surface area contributed by atoms with Gasteiger partial charge in [0.25, 0.3) is 10.0 Å². The molecule has 0 unspecified atom stereocenters. The summed E-state index contributed by atoms with van der Waals surface area (Å²) in [6, 6.07) is 28.6. The van der Waals surface area contributed by atoms with Crippen molar-refractivity contribution in [3.05, 3.63) is 114 Å². The Morgan fingerprint density at radius 2 is 1.33 bits per heavy atom. The zero-order valence-corrected chi connectivity index (χ0v) is 17.5. The van der Waals surface area contributed by atoms with Crippen LogP contribution in [0.5, 0.6) is 0 Å². The molecule has 5 nitrogen and oxygen atoms in total. The number of aromatic nitrogens is 2. The first kappa shape index (κ1) is 19.9.